The van der Waals surface area contributed by atoms with Gasteiger partial charge in [0.25, 0.3) is 0 Å². The van der Waals surface area contributed by atoms with Crippen LogP contribution in [-0.2, 0) is 4.79 Å². The molecule has 1 aromatic carbocycles. The molecule has 0 aliphatic carbocycles. The van der Waals surface area contributed by atoms with E-state index in [-0.39, 0.29) is 11.2 Å². The Balaban J connectivity index is 2.02. The van der Waals surface area contributed by atoms with Crippen molar-refractivity contribution < 1.29 is 4.79 Å². The number of hydrogen-bond acceptors (Lipinski definition) is 2. The Labute approximate surface area is 108 Å². The molecule has 1 saturated heterocycles. The molecular formula is C12H14BrNOS. The maximum Gasteiger partial charge on any atom is 0.237 e. The summed E-state index contributed by atoms with van der Waals surface area (Å²) in [6.45, 7) is 2.03. The predicted molar refractivity (Wildman–Crippen MR) is 73.0 cm³/mol. The van der Waals surface area contributed by atoms with E-state index in [1.807, 2.05) is 25.1 Å². The quantitative estimate of drug-likeness (QED) is 0.904. The molecule has 1 amide bonds. The predicted octanol–water partition coefficient (Wildman–Crippen LogP) is 3.59. The smallest absolute Gasteiger partial charge is 0.237 e. The van der Waals surface area contributed by atoms with Gasteiger partial charge in [-0.3, -0.25) is 4.79 Å². The van der Waals surface area contributed by atoms with E-state index in [1.54, 1.807) is 11.8 Å². The summed E-state index contributed by atoms with van der Waals surface area (Å²) in [5.74, 6) is 1.24. The summed E-state index contributed by atoms with van der Waals surface area (Å²) in [4.78, 5) is 11.9. The van der Waals surface area contributed by atoms with Gasteiger partial charge in [0.2, 0.25) is 5.91 Å². The van der Waals surface area contributed by atoms with Crippen molar-refractivity contribution >= 4 is 39.3 Å². The second-order valence-corrected chi connectivity index (χ2v) is 6.12. The van der Waals surface area contributed by atoms with Gasteiger partial charge in [0.15, 0.2) is 0 Å². The van der Waals surface area contributed by atoms with Crippen molar-refractivity contribution in [3.63, 3.8) is 0 Å². The van der Waals surface area contributed by atoms with Crippen molar-refractivity contribution in [2.45, 2.75) is 25.0 Å². The zero-order chi connectivity index (χ0) is 11.5. The summed E-state index contributed by atoms with van der Waals surface area (Å²) in [6, 6.07) is 5.89. The number of benzene rings is 1. The fraction of sp³-hybridized carbons (Fsp3) is 0.417. The topological polar surface area (TPSA) is 29.1 Å². The summed E-state index contributed by atoms with van der Waals surface area (Å²) in [5, 5.41) is 3.10. The van der Waals surface area contributed by atoms with Crippen LogP contribution in [0.2, 0.25) is 0 Å². The number of anilines is 1. The van der Waals surface area contributed by atoms with Crippen molar-refractivity contribution in [2.24, 2.45) is 0 Å². The SMILES string of the molecule is Cc1ccc(NC(=O)C2CCCS2)cc1Br. The van der Waals surface area contributed by atoms with E-state index in [0.29, 0.717) is 0 Å². The number of carbonyl (C=O) groups is 1. The van der Waals surface area contributed by atoms with Crippen LogP contribution in [0.1, 0.15) is 18.4 Å². The van der Waals surface area contributed by atoms with Crippen molar-refractivity contribution in [3.8, 4) is 0 Å². The minimum absolute atomic E-state index is 0.137. The highest BCUT2D eigenvalue weighted by atomic mass is 79.9. The van der Waals surface area contributed by atoms with Crippen molar-refractivity contribution in [1.29, 1.82) is 0 Å². The van der Waals surface area contributed by atoms with Crippen LogP contribution in [0.5, 0.6) is 0 Å². The van der Waals surface area contributed by atoms with Gasteiger partial charge in [-0.1, -0.05) is 22.0 Å². The molecule has 4 heteroatoms. The largest absolute Gasteiger partial charge is 0.325 e. The molecule has 16 heavy (non-hydrogen) atoms. The van der Waals surface area contributed by atoms with Gasteiger partial charge in [-0.2, -0.15) is 0 Å². The number of nitrogens with one attached hydrogen (secondary N) is 1. The minimum atomic E-state index is 0.137. The van der Waals surface area contributed by atoms with Crippen LogP contribution in [0, 0.1) is 6.92 Å². The number of thioether (sulfide) groups is 1. The first-order valence-corrected chi connectivity index (χ1v) is 7.19. The molecule has 0 spiro atoms. The van der Waals surface area contributed by atoms with Crippen LogP contribution in [0.15, 0.2) is 22.7 Å². The Morgan fingerprint density at radius 3 is 3.00 bits per heavy atom. The summed E-state index contributed by atoms with van der Waals surface area (Å²) in [6.07, 6.45) is 2.16. The summed E-state index contributed by atoms with van der Waals surface area (Å²) < 4.78 is 1.03. The van der Waals surface area contributed by atoms with E-state index in [4.69, 9.17) is 0 Å². The zero-order valence-corrected chi connectivity index (χ0v) is 11.5. The van der Waals surface area contributed by atoms with Crippen molar-refractivity contribution in [2.75, 3.05) is 11.1 Å². The highest BCUT2D eigenvalue weighted by molar-refractivity contribution is 9.10. The van der Waals surface area contributed by atoms with Gasteiger partial charge in [0.05, 0.1) is 5.25 Å². The van der Waals surface area contributed by atoms with E-state index in [9.17, 15) is 4.79 Å². The number of rotatable bonds is 2. The fourth-order valence-electron chi connectivity index (χ4n) is 1.68. The first-order valence-electron chi connectivity index (χ1n) is 5.35. The second-order valence-electron chi connectivity index (χ2n) is 3.95. The van der Waals surface area contributed by atoms with Crippen LogP contribution < -0.4 is 5.32 Å². The number of halogens is 1. The van der Waals surface area contributed by atoms with Gasteiger partial charge in [0, 0.05) is 10.2 Å². The van der Waals surface area contributed by atoms with Gasteiger partial charge in [-0.25, -0.2) is 0 Å². The third kappa shape index (κ3) is 2.80. The minimum Gasteiger partial charge on any atom is -0.325 e. The maximum atomic E-state index is 11.9. The summed E-state index contributed by atoms with van der Waals surface area (Å²) >= 11 is 5.22. The van der Waals surface area contributed by atoms with E-state index >= 15 is 0 Å². The van der Waals surface area contributed by atoms with Crippen LogP contribution in [0.3, 0.4) is 0 Å². The van der Waals surface area contributed by atoms with Crippen molar-refractivity contribution in [3.05, 3.63) is 28.2 Å². The Hall–Kier alpha value is -0.480. The standard InChI is InChI=1S/C12H14BrNOS/c1-8-4-5-9(7-10(8)13)14-12(15)11-3-2-6-16-11/h4-5,7,11H,2-3,6H2,1H3,(H,14,15). The molecule has 0 saturated carbocycles. The van der Waals surface area contributed by atoms with E-state index in [2.05, 4.69) is 21.2 Å². The molecular weight excluding hydrogens is 286 g/mol. The van der Waals surface area contributed by atoms with Gasteiger partial charge < -0.3 is 5.32 Å². The van der Waals surface area contributed by atoms with Crippen LogP contribution in [0.25, 0.3) is 0 Å². The van der Waals surface area contributed by atoms with Crippen LogP contribution in [-0.4, -0.2) is 16.9 Å². The number of hydrogen-bond donors (Lipinski definition) is 1. The molecule has 1 aliphatic rings. The average molecular weight is 300 g/mol. The lowest BCUT2D eigenvalue weighted by Gasteiger charge is -2.10. The molecule has 2 rings (SSSR count). The third-order valence-corrected chi connectivity index (χ3v) is 4.89. The summed E-state index contributed by atoms with van der Waals surface area (Å²) in [5.41, 5.74) is 2.04. The number of aryl methyl sites for hydroxylation is 1. The van der Waals surface area contributed by atoms with E-state index < -0.39 is 0 Å². The molecule has 1 heterocycles. The van der Waals surface area contributed by atoms with E-state index in [0.717, 1.165) is 28.8 Å². The monoisotopic (exact) mass is 299 g/mol. The number of carbonyl (C=O) groups excluding carboxylic acids is 1. The zero-order valence-electron chi connectivity index (χ0n) is 9.13. The molecule has 1 fully saturated rings. The molecule has 1 atom stereocenters. The lowest BCUT2D eigenvalue weighted by atomic mass is 10.2. The molecule has 1 N–H and O–H groups in total. The summed E-state index contributed by atoms with van der Waals surface area (Å²) in [7, 11) is 0. The van der Waals surface area contributed by atoms with Gasteiger partial charge in [-0.15, -0.1) is 11.8 Å². The second kappa shape index (κ2) is 5.23. The van der Waals surface area contributed by atoms with Crippen LogP contribution >= 0.6 is 27.7 Å². The lowest BCUT2D eigenvalue weighted by molar-refractivity contribution is -0.115. The first kappa shape index (κ1) is 12.0. The Bertz CT molecular complexity index is 402. The lowest BCUT2D eigenvalue weighted by Crippen LogP contribution is -2.22. The molecule has 0 radical (unpaired) electrons. The third-order valence-electron chi connectivity index (χ3n) is 2.66. The normalized spacial score (nSPS) is 19.8. The molecule has 0 bridgehead atoms. The first-order chi connectivity index (χ1) is 7.66. The highest BCUT2D eigenvalue weighted by Gasteiger charge is 2.23. The van der Waals surface area contributed by atoms with Gasteiger partial charge in [-0.05, 0) is 43.2 Å². The highest BCUT2D eigenvalue weighted by Crippen LogP contribution is 2.28. The molecule has 1 aliphatic heterocycles. The fourth-order valence-corrected chi connectivity index (χ4v) is 3.22. The molecule has 1 aromatic rings. The molecule has 1 unspecified atom stereocenters. The van der Waals surface area contributed by atoms with E-state index in [1.165, 1.54) is 5.56 Å². The molecule has 86 valence electrons. The average Bonchev–Trinajstić information content (AvgIpc) is 2.77. The molecule has 2 nitrogen and oxygen atoms in total. The van der Waals surface area contributed by atoms with Gasteiger partial charge >= 0.3 is 0 Å². The number of amides is 1. The van der Waals surface area contributed by atoms with Gasteiger partial charge in [0.1, 0.15) is 0 Å². The Morgan fingerprint density at radius 1 is 1.56 bits per heavy atom. The Morgan fingerprint density at radius 2 is 2.38 bits per heavy atom. The van der Waals surface area contributed by atoms with Crippen molar-refractivity contribution in [1.82, 2.24) is 0 Å². The Kier molecular flexibility index (Phi) is 3.92. The molecule has 0 aromatic heterocycles. The van der Waals surface area contributed by atoms with Crippen LogP contribution in [0.4, 0.5) is 5.69 Å². The maximum absolute atomic E-state index is 11.9.